The van der Waals surface area contributed by atoms with E-state index in [2.05, 4.69) is 16.0 Å². The first-order chi connectivity index (χ1) is 14.8. The van der Waals surface area contributed by atoms with Crippen molar-refractivity contribution in [2.75, 3.05) is 13.2 Å². The van der Waals surface area contributed by atoms with Crippen molar-refractivity contribution >= 4 is 23.7 Å². The normalized spacial score (nSPS) is 15.0. The maximum atomic E-state index is 12.9. The average Bonchev–Trinajstić information content (AvgIpc) is 3.55. The Morgan fingerprint density at radius 1 is 1.06 bits per heavy atom. The lowest BCUT2D eigenvalue weighted by molar-refractivity contribution is -0.140. The first-order valence-corrected chi connectivity index (χ1v) is 10.5. The van der Waals surface area contributed by atoms with Crippen molar-refractivity contribution in [1.82, 2.24) is 16.0 Å². The number of aliphatic hydroxyl groups excluding tert-OH is 1. The van der Waals surface area contributed by atoms with E-state index in [1.807, 2.05) is 32.0 Å². The molecule has 2 rings (SSSR count). The lowest BCUT2D eigenvalue weighted by Crippen LogP contribution is -2.55. The number of carbonyl (C=O) groups is 4. The molecule has 0 aliphatic heterocycles. The van der Waals surface area contributed by atoms with Crippen molar-refractivity contribution in [3.63, 3.8) is 0 Å². The number of aliphatic hydroxyl groups is 1. The topological polar surface area (TPSA) is 134 Å². The van der Waals surface area contributed by atoms with Gasteiger partial charge in [0.25, 0.3) is 5.91 Å². The van der Waals surface area contributed by atoms with Crippen LogP contribution in [0.15, 0.2) is 30.3 Å². The summed E-state index contributed by atoms with van der Waals surface area (Å²) in [4.78, 5) is 49.9. The Morgan fingerprint density at radius 2 is 1.74 bits per heavy atom. The number of rotatable bonds is 12. The van der Waals surface area contributed by atoms with Crippen LogP contribution in [-0.2, 0) is 25.5 Å². The molecule has 1 aromatic rings. The minimum absolute atomic E-state index is 0.0150. The molecule has 1 aliphatic carbocycles. The van der Waals surface area contributed by atoms with Crippen molar-refractivity contribution in [3.8, 4) is 0 Å². The van der Waals surface area contributed by atoms with Gasteiger partial charge in [0.1, 0.15) is 18.7 Å². The molecule has 0 aromatic heterocycles. The Hall–Kier alpha value is -2.94. The summed E-state index contributed by atoms with van der Waals surface area (Å²) in [5.41, 5.74) is 0.788. The molecule has 1 aromatic carbocycles. The van der Waals surface area contributed by atoms with Crippen LogP contribution < -0.4 is 16.0 Å². The molecule has 170 valence electrons. The molecule has 0 radical (unpaired) electrons. The van der Waals surface area contributed by atoms with E-state index in [1.54, 1.807) is 12.1 Å². The third-order valence-corrected chi connectivity index (χ3v) is 4.69. The molecule has 0 heterocycles. The second-order valence-electron chi connectivity index (χ2n) is 8.05. The van der Waals surface area contributed by atoms with Crippen LogP contribution in [0.3, 0.4) is 0 Å². The highest BCUT2D eigenvalue weighted by molar-refractivity contribution is 6.38. The molecule has 31 heavy (non-hydrogen) atoms. The summed E-state index contributed by atoms with van der Waals surface area (Å²) in [6, 6.07) is 7.05. The van der Waals surface area contributed by atoms with Gasteiger partial charge < -0.3 is 25.8 Å². The largest absolute Gasteiger partial charge is 0.447 e. The summed E-state index contributed by atoms with van der Waals surface area (Å²) < 4.78 is 4.78. The van der Waals surface area contributed by atoms with Gasteiger partial charge in [-0.25, -0.2) is 4.79 Å². The van der Waals surface area contributed by atoms with E-state index >= 15 is 0 Å². The number of benzene rings is 1. The van der Waals surface area contributed by atoms with Crippen molar-refractivity contribution in [1.29, 1.82) is 0 Å². The highest BCUT2D eigenvalue weighted by Gasteiger charge is 2.33. The third-order valence-electron chi connectivity index (χ3n) is 4.69. The minimum atomic E-state index is -1.07. The number of Topliss-reactive ketones (excluding diaryl/α,β-unsaturated/α-hetero) is 1. The molecule has 1 aliphatic rings. The number of amides is 3. The van der Waals surface area contributed by atoms with Crippen molar-refractivity contribution in [3.05, 3.63) is 35.9 Å². The molecule has 9 nitrogen and oxygen atoms in total. The second kappa shape index (κ2) is 12.0. The second-order valence-corrected chi connectivity index (χ2v) is 8.05. The smallest absolute Gasteiger partial charge is 0.407 e. The Morgan fingerprint density at radius 3 is 2.32 bits per heavy atom. The lowest BCUT2D eigenvalue weighted by Gasteiger charge is -2.23. The molecule has 1 saturated carbocycles. The van der Waals surface area contributed by atoms with Crippen LogP contribution in [0.4, 0.5) is 4.79 Å². The number of ether oxygens (including phenoxy) is 1. The fraction of sp³-hybridized carbons (Fsp3) is 0.545. The predicted octanol–water partition coefficient (Wildman–Crippen LogP) is 0.695. The number of hydrogen-bond donors (Lipinski definition) is 4. The first kappa shape index (κ1) is 24.3. The molecule has 3 amide bonds. The summed E-state index contributed by atoms with van der Waals surface area (Å²) in [5, 5.41) is 16.5. The Bertz CT molecular complexity index is 764. The van der Waals surface area contributed by atoms with Gasteiger partial charge in [-0.2, -0.15) is 0 Å². The molecule has 9 heteroatoms. The molecule has 1 fully saturated rings. The fourth-order valence-electron chi connectivity index (χ4n) is 3.00. The van der Waals surface area contributed by atoms with Crippen LogP contribution >= 0.6 is 0 Å². The zero-order valence-electron chi connectivity index (χ0n) is 17.9. The monoisotopic (exact) mass is 433 g/mol. The molecule has 2 atom stereocenters. The average molecular weight is 434 g/mol. The number of nitrogens with one attached hydrogen (secondary N) is 3. The minimum Gasteiger partial charge on any atom is -0.447 e. The summed E-state index contributed by atoms with van der Waals surface area (Å²) >= 11 is 0. The molecule has 0 bridgehead atoms. The SMILES string of the molecule is CC(C)C[C@H](NC(=O)OCCO)C(=O)N[C@@H](Cc1ccccc1)C(=O)C(=O)NC1CC1. The van der Waals surface area contributed by atoms with Crippen LogP contribution in [0.1, 0.15) is 38.7 Å². The maximum absolute atomic E-state index is 12.9. The Kier molecular flexibility index (Phi) is 9.45. The number of hydrogen-bond acceptors (Lipinski definition) is 6. The molecule has 4 N–H and O–H groups in total. The first-order valence-electron chi connectivity index (χ1n) is 10.5. The van der Waals surface area contributed by atoms with Gasteiger partial charge in [-0.1, -0.05) is 44.2 Å². The summed E-state index contributed by atoms with van der Waals surface area (Å²) in [6.07, 6.45) is 1.29. The van der Waals surface area contributed by atoms with Crippen LogP contribution in [0, 0.1) is 5.92 Å². The quantitative estimate of drug-likeness (QED) is 0.359. The van der Waals surface area contributed by atoms with E-state index in [0.29, 0.717) is 6.42 Å². The summed E-state index contributed by atoms with van der Waals surface area (Å²) in [6.45, 7) is 3.24. The molecule has 0 saturated heterocycles. The van der Waals surface area contributed by atoms with Gasteiger partial charge in [0.15, 0.2) is 0 Å². The van der Waals surface area contributed by atoms with Gasteiger partial charge in [0, 0.05) is 12.5 Å². The van der Waals surface area contributed by atoms with E-state index in [1.165, 1.54) is 0 Å². The van der Waals surface area contributed by atoms with Crippen molar-refractivity contribution in [2.24, 2.45) is 5.92 Å². The molecule has 0 spiro atoms. The number of alkyl carbamates (subject to hydrolysis) is 1. The Labute approximate surface area is 181 Å². The van der Waals surface area contributed by atoms with E-state index in [9.17, 15) is 19.2 Å². The maximum Gasteiger partial charge on any atom is 0.407 e. The zero-order valence-corrected chi connectivity index (χ0v) is 17.9. The summed E-state index contributed by atoms with van der Waals surface area (Å²) in [7, 11) is 0. The van der Waals surface area contributed by atoms with E-state index < -0.39 is 35.8 Å². The summed E-state index contributed by atoms with van der Waals surface area (Å²) in [5.74, 6) is -1.96. The molecular weight excluding hydrogens is 402 g/mol. The number of carbonyl (C=O) groups excluding carboxylic acids is 4. The van der Waals surface area contributed by atoms with Gasteiger partial charge in [-0.3, -0.25) is 14.4 Å². The number of ketones is 1. The highest BCUT2D eigenvalue weighted by atomic mass is 16.6. The standard InChI is InChI=1S/C22H31N3O6/c1-14(2)12-18(25-22(30)31-11-10-26)20(28)24-17(13-15-6-4-3-5-7-15)19(27)21(29)23-16-8-9-16/h3-7,14,16-18,26H,8-13H2,1-2H3,(H,23,29)(H,24,28)(H,25,30)/t17-,18-/m0/s1. The van der Waals surface area contributed by atoms with Crippen LogP contribution in [0.25, 0.3) is 0 Å². The molecule has 0 unspecified atom stereocenters. The van der Waals surface area contributed by atoms with E-state index in [4.69, 9.17) is 9.84 Å². The van der Waals surface area contributed by atoms with Crippen LogP contribution in [0.5, 0.6) is 0 Å². The van der Waals surface area contributed by atoms with Crippen molar-refractivity contribution in [2.45, 2.75) is 57.7 Å². The Balaban J connectivity index is 2.12. The van der Waals surface area contributed by atoms with E-state index in [0.717, 1.165) is 18.4 Å². The molecular formula is C22H31N3O6. The zero-order chi connectivity index (χ0) is 22.8. The van der Waals surface area contributed by atoms with Crippen LogP contribution in [0.2, 0.25) is 0 Å². The van der Waals surface area contributed by atoms with Crippen molar-refractivity contribution < 1.29 is 29.0 Å². The van der Waals surface area contributed by atoms with Gasteiger partial charge in [0.05, 0.1) is 6.61 Å². The highest BCUT2D eigenvalue weighted by Crippen LogP contribution is 2.18. The van der Waals surface area contributed by atoms with Gasteiger partial charge in [0.2, 0.25) is 11.7 Å². The van der Waals surface area contributed by atoms with Gasteiger partial charge in [-0.05, 0) is 30.7 Å². The predicted molar refractivity (Wildman–Crippen MR) is 113 cm³/mol. The fourth-order valence-corrected chi connectivity index (χ4v) is 3.00. The van der Waals surface area contributed by atoms with E-state index in [-0.39, 0.29) is 31.6 Å². The third kappa shape index (κ3) is 8.75. The lowest BCUT2D eigenvalue weighted by atomic mass is 9.99. The van der Waals surface area contributed by atoms with Gasteiger partial charge >= 0.3 is 6.09 Å². The van der Waals surface area contributed by atoms with Gasteiger partial charge in [-0.15, -0.1) is 0 Å². The van der Waals surface area contributed by atoms with Crippen LogP contribution in [-0.4, -0.2) is 60.1 Å².